The summed E-state index contributed by atoms with van der Waals surface area (Å²) in [5.41, 5.74) is 2.50. The molecule has 138 valence electrons. The van der Waals surface area contributed by atoms with E-state index < -0.39 is 0 Å². The highest BCUT2D eigenvalue weighted by Gasteiger charge is 2.08. The third-order valence-electron chi connectivity index (χ3n) is 4.04. The SMILES string of the molecule is O=C(NCCc1ccccc1)c1ccnc(NCCc2ccc(F)cc2)n1. The Labute approximate surface area is 157 Å². The van der Waals surface area contributed by atoms with E-state index in [-0.39, 0.29) is 11.7 Å². The van der Waals surface area contributed by atoms with Crippen LogP contribution in [0.15, 0.2) is 66.9 Å². The summed E-state index contributed by atoms with van der Waals surface area (Å²) in [6, 6.07) is 17.9. The first-order valence-electron chi connectivity index (χ1n) is 8.84. The zero-order valence-corrected chi connectivity index (χ0v) is 14.9. The number of rotatable bonds is 8. The number of amides is 1. The van der Waals surface area contributed by atoms with Crippen LogP contribution in [0.2, 0.25) is 0 Å². The summed E-state index contributed by atoms with van der Waals surface area (Å²) in [5.74, 6) is -0.0799. The Hall–Kier alpha value is -3.28. The lowest BCUT2D eigenvalue weighted by Gasteiger charge is -2.08. The monoisotopic (exact) mass is 364 g/mol. The van der Waals surface area contributed by atoms with Crippen molar-refractivity contribution in [2.24, 2.45) is 0 Å². The molecule has 0 bridgehead atoms. The van der Waals surface area contributed by atoms with Gasteiger partial charge in [0.15, 0.2) is 0 Å². The second kappa shape index (κ2) is 9.43. The molecule has 0 atom stereocenters. The highest BCUT2D eigenvalue weighted by Crippen LogP contribution is 2.05. The Balaban J connectivity index is 1.47. The fraction of sp³-hybridized carbons (Fsp3) is 0.190. The van der Waals surface area contributed by atoms with Crippen molar-refractivity contribution in [1.82, 2.24) is 15.3 Å². The fourth-order valence-electron chi connectivity index (χ4n) is 2.60. The van der Waals surface area contributed by atoms with Crippen LogP contribution < -0.4 is 10.6 Å². The maximum absolute atomic E-state index is 12.9. The van der Waals surface area contributed by atoms with Crippen LogP contribution >= 0.6 is 0 Å². The highest BCUT2D eigenvalue weighted by molar-refractivity contribution is 5.92. The molecule has 0 aliphatic heterocycles. The predicted molar refractivity (Wildman–Crippen MR) is 103 cm³/mol. The summed E-state index contributed by atoms with van der Waals surface area (Å²) in [4.78, 5) is 20.6. The lowest BCUT2D eigenvalue weighted by Crippen LogP contribution is -2.27. The number of halogens is 1. The lowest BCUT2D eigenvalue weighted by atomic mass is 10.1. The number of hydrogen-bond acceptors (Lipinski definition) is 4. The number of benzene rings is 2. The second-order valence-corrected chi connectivity index (χ2v) is 6.06. The van der Waals surface area contributed by atoms with E-state index >= 15 is 0 Å². The minimum Gasteiger partial charge on any atom is -0.354 e. The molecular weight excluding hydrogens is 343 g/mol. The molecule has 6 heteroatoms. The van der Waals surface area contributed by atoms with Crippen LogP contribution in [0.3, 0.4) is 0 Å². The second-order valence-electron chi connectivity index (χ2n) is 6.06. The minimum atomic E-state index is -0.249. The number of aromatic nitrogens is 2. The average Bonchev–Trinajstić information content (AvgIpc) is 2.70. The van der Waals surface area contributed by atoms with Crippen LogP contribution in [0.25, 0.3) is 0 Å². The number of anilines is 1. The zero-order chi connectivity index (χ0) is 18.9. The molecule has 2 aromatic carbocycles. The summed E-state index contributed by atoms with van der Waals surface area (Å²) in [6.07, 6.45) is 3.02. The van der Waals surface area contributed by atoms with Crippen LogP contribution in [0.4, 0.5) is 10.3 Å². The van der Waals surface area contributed by atoms with Gasteiger partial charge in [0.2, 0.25) is 5.95 Å². The fourth-order valence-corrected chi connectivity index (χ4v) is 2.60. The molecule has 5 nitrogen and oxygen atoms in total. The van der Waals surface area contributed by atoms with E-state index in [9.17, 15) is 9.18 Å². The maximum Gasteiger partial charge on any atom is 0.270 e. The molecule has 3 rings (SSSR count). The quantitative estimate of drug-likeness (QED) is 0.644. The third-order valence-corrected chi connectivity index (χ3v) is 4.04. The third kappa shape index (κ3) is 5.88. The van der Waals surface area contributed by atoms with Crippen molar-refractivity contribution in [3.05, 3.63) is 89.5 Å². The van der Waals surface area contributed by atoms with Crippen LogP contribution in [0, 0.1) is 5.82 Å². The molecule has 0 saturated carbocycles. The molecule has 27 heavy (non-hydrogen) atoms. The van der Waals surface area contributed by atoms with Gasteiger partial charge < -0.3 is 10.6 Å². The van der Waals surface area contributed by atoms with Crippen LogP contribution in [0.1, 0.15) is 21.6 Å². The zero-order valence-electron chi connectivity index (χ0n) is 14.9. The molecule has 0 saturated heterocycles. The van der Waals surface area contributed by atoms with E-state index in [4.69, 9.17) is 0 Å². The summed E-state index contributed by atoms with van der Waals surface area (Å²) in [6.45, 7) is 1.13. The summed E-state index contributed by atoms with van der Waals surface area (Å²) < 4.78 is 12.9. The molecule has 0 radical (unpaired) electrons. The Morgan fingerprint density at radius 3 is 2.37 bits per heavy atom. The van der Waals surface area contributed by atoms with E-state index in [1.165, 1.54) is 17.7 Å². The largest absolute Gasteiger partial charge is 0.354 e. The number of nitrogens with zero attached hydrogens (tertiary/aromatic N) is 2. The van der Waals surface area contributed by atoms with Gasteiger partial charge in [-0.2, -0.15) is 0 Å². The molecule has 0 unspecified atom stereocenters. The molecule has 1 heterocycles. The van der Waals surface area contributed by atoms with Crippen LogP contribution in [-0.2, 0) is 12.8 Å². The molecule has 0 aliphatic rings. The number of carbonyl (C=O) groups excluding carboxylic acids is 1. The smallest absolute Gasteiger partial charge is 0.270 e. The van der Waals surface area contributed by atoms with Crippen molar-refractivity contribution < 1.29 is 9.18 Å². The first-order chi connectivity index (χ1) is 13.2. The number of carbonyl (C=O) groups is 1. The molecule has 2 N–H and O–H groups in total. The van der Waals surface area contributed by atoms with Crippen molar-refractivity contribution in [2.45, 2.75) is 12.8 Å². The van der Waals surface area contributed by atoms with Gasteiger partial charge >= 0.3 is 0 Å². The van der Waals surface area contributed by atoms with Crippen molar-refractivity contribution in [2.75, 3.05) is 18.4 Å². The highest BCUT2D eigenvalue weighted by atomic mass is 19.1. The molecule has 0 aliphatic carbocycles. The van der Waals surface area contributed by atoms with Gasteiger partial charge in [-0.1, -0.05) is 42.5 Å². The molecule has 0 fully saturated rings. The van der Waals surface area contributed by atoms with Crippen molar-refractivity contribution in [1.29, 1.82) is 0 Å². The molecule has 3 aromatic rings. The molecule has 1 amide bonds. The van der Waals surface area contributed by atoms with Gasteiger partial charge in [0.05, 0.1) is 0 Å². The van der Waals surface area contributed by atoms with Gasteiger partial charge in [0.1, 0.15) is 11.5 Å². The van der Waals surface area contributed by atoms with Crippen molar-refractivity contribution in [3.63, 3.8) is 0 Å². The Morgan fingerprint density at radius 1 is 0.889 bits per heavy atom. The van der Waals surface area contributed by atoms with Gasteiger partial charge in [0, 0.05) is 19.3 Å². The standard InChI is InChI=1S/C21H21FN4O/c22-18-8-6-17(7-9-18)11-14-24-21-25-15-12-19(26-21)20(27)23-13-10-16-4-2-1-3-5-16/h1-9,12,15H,10-11,13-14H2,(H,23,27)(H,24,25,26). The van der Waals surface area contributed by atoms with E-state index in [1.807, 2.05) is 30.3 Å². The van der Waals surface area contributed by atoms with Crippen molar-refractivity contribution in [3.8, 4) is 0 Å². The first-order valence-corrected chi connectivity index (χ1v) is 8.84. The minimum absolute atomic E-state index is 0.227. The summed E-state index contributed by atoms with van der Waals surface area (Å²) in [7, 11) is 0. The van der Waals surface area contributed by atoms with E-state index in [0.717, 1.165) is 12.0 Å². The molecule has 0 spiro atoms. The summed E-state index contributed by atoms with van der Waals surface area (Å²) >= 11 is 0. The van der Waals surface area contributed by atoms with Gasteiger partial charge in [0.25, 0.3) is 5.91 Å². The van der Waals surface area contributed by atoms with Gasteiger partial charge in [-0.05, 0) is 42.2 Å². The maximum atomic E-state index is 12.9. The number of hydrogen-bond donors (Lipinski definition) is 2. The van der Waals surface area contributed by atoms with E-state index in [1.54, 1.807) is 24.4 Å². The molecule has 1 aromatic heterocycles. The Morgan fingerprint density at radius 2 is 1.59 bits per heavy atom. The van der Waals surface area contributed by atoms with Gasteiger partial charge in [-0.25, -0.2) is 14.4 Å². The molecular formula is C21H21FN4O. The van der Waals surface area contributed by atoms with Crippen LogP contribution in [-0.4, -0.2) is 29.0 Å². The van der Waals surface area contributed by atoms with Gasteiger partial charge in [-0.15, -0.1) is 0 Å². The number of nitrogens with one attached hydrogen (secondary N) is 2. The average molecular weight is 364 g/mol. The Kier molecular flexibility index (Phi) is 6.46. The van der Waals surface area contributed by atoms with Crippen molar-refractivity contribution >= 4 is 11.9 Å². The Bertz CT molecular complexity index is 869. The van der Waals surface area contributed by atoms with Gasteiger partial charge in [-0.3, -0.25) is 4.79 Å². The lowest BCUT2D eigenvalue weighted by molar-refractivity contribution is 0.0949. The van der Waals surface area contributed by atoms with Crippen LogP contribution in [0.5, 0.6) is 0 Å². The first kappa shape index (κ1) is 18.5. The normalized spacial score (nSPS) is 10.4. The predicted octanol–water partition coefficient (Wildman–Crippen LogP) is 3.24. The van der Waals surface area contributed by atoms with E-state index in [2.05, 4.69) is 20.6 Å². The van der Waals surface area contributed by atoms with E-state index in [0.29, 0.717) is 31.2 Å². The topological polar surface area (TPSA) is 66.9 Å². The summed E-state index contributed by atoms with van der Waals surface area (Å²) in [5, 5.41) is 5.96.